The molecule has 0 aromatic heterocycles. The third-order valence-electron chi connectivity index (χ3n) is 3.48. The number of carbonyl (C=O) groups excluding carboxylic acids is 2. The Morgan fingerprint density at radius 1 is 1.11 bits per heavy atom. The van der Waals surface area contributed by atoms with Crippen molar-refractivity contribution in [1.29, 1.82) is 0 Å². The van der Waals surface area contributed by atoms with Crippen LogP contribution in [0.3, 0.4) is 0 Å². The second-order valence-corrected chi connectivity index (χ2v) is 7.39. The van der Waals surface area contributed by atoms with Crippen LogP contribution in [-0.2, 0) is 24.3 Å². The van der Waals surface area contributed by atoms with Gasteiger partial charge in [-0.1, -0.05) is 29.8 Å². The first-order chi connectivity index (χ1) is 13.2. The molecule has 0 aliphatic rings. The van der Waals surface area contributed by atoms with Crippen molar-refractivity contribution in [3.63, 3.8) is 0 Å². The van der Waals surface area contributed by atoms with Crippen LogP contribution in [0.25, 0.3) is 0 Å². The fourth-order valence-corrected chi connectivity index (χ4v) is 3.05. The molecule has 0 fully saturated rings. The van der Waals surface area contributed by atoms with Gasteiger partial charge in [0.25, 0.3) is 11.6 Å². The Kier molecular flexibility index (Phi) is 6.79. The summed E-state index contributed by atoms with van der Waals surface area (Å²) >= 11 is 0. The number of nitrogens with one attached hydrogen (secondary N) is 2. The molecule has 28 heavy (non-hydrogen) atoms. The quantitative estimate of drug-likeness (QED) is 0.382. The number of aryl methyl sites for hydroxylation is 1. The van der Waals surface area contributed by atoms with Crippen molar-refractivity contribution in [2.24, 2.45) is 0 Å². The van der Waals surface area contributed by atoms with Crippen LogP contribution in [0.5, 0.6) is 0 Å². The lowest BCUT2D eigenvalue weighted by Crippen LogP contribution is -2.32. The predicted octanol–water partition coefficient (Wildman–Crippen LogP) is 1.36. The molecule has 0 saturated heterocycles. The fraction of sp³-hybridized carbons (Fsp3) is 0.176. The SMILES string of the molecule is Cc1ccc(S(=O)(=O)NCC(=O)OCC(=O)Nc2ccccc2[N+](=O)[O-])cc1. The largest absolute Gasteiger partial charge is 0.455 e. The lowest BCUT2D eigenvalue weighted by atomic mass is 10.2. The minimum Gasteiger partial charge on any atom is -0.455 e. The summed E-state index contributed by atoms with van der Waals surface area (Å²) in [4.78, 5) is 33.7. The van der Waals surface area contributed by atoms with Crippen molar-refractivity contribution in [2.45, 2.75) is 11.8 Å². The maximum atomic E-state index is 12.1. The predicted molar refractivity (Wildman–Crippen MR) is 99.1 cm³/mol. The summed E-state index contributed by atoms with van der Waals surface area (Å²) in [6.07, 6.45) is 0. The minimum absolute atomic E-state index is 0.0139. The van der Waals surface area contributed by atoms with Crippen LogP contribution in [0.15, 0.2) is 53.4 Å². The number of rotatable bonds is 8. The van der Waals surface area contributed by atoms with Crippen molar-refractivity contribution in [3.05, 3.63) is 64.2 Å². The molecule has 1 amide bonds. The molecule has 0 heterocycles. The molecule has 11 heteroatoms. The van der Waals surface area contributed by atoms with E-state index in [1.165, 1.54) is 36.4 Å². The van der Waals surface area contributed by atoms with Crippen LogP contribution >= 0.6 is 0 Å². The summed E-state index contributed by atoms with van der Waals surface area (Å²) in [7, 11) is -3.90. The van der Waals surface area contributed by atoms with Crippen molar-refractivity contribution in [1.82, 2.24) is 4.72 Å². The normalized spacial score (nSPS) is 10.9. The second-order valence-electron chi connectivity index (χ2n) is 5.62. The summed E-state index contributed by atoms with van der Waals surface area (Å²) in [5, 5.41) is 13.1. The monoisotopic (exact) mass is 407 g/mol. The molecule has 2 rings (SSSR count). The van der Waals surface area contributed by atoms with Crippen LogP contribution in [0.4, 0.5) is 11.4 Å². The van der Waals surface area contributed by atoms with Crippen molar-refractivity contribution in [3.8, 4) is 0 Å². The first-order valence-electron chi connectivity index (χ1n) is 7.94. The van der Waals surface area contributed by atoms with Gasteiger partial charge in [-0.2, -0.15) is 4.72 Å². The highest BCUT2D eigenvalue weighted by atomic mass is 32.2. The van der Waals surface area contributed by atoms with Gasteiger partial charge in [-0.3, -0.25) is 19.7 Å². The molecule has 0 bridgehead atoms. The van der Waals surface area contributed by atoms with Crippen LogP contribution in [0.1, 0.15) is 5.56 Å². The van der Waals surface area contributed by atoms with Crippen LogP contribution < -0.4 is 10.0 Å². The number of anilines is 1. The number of benzene rings is 2. The number of hydrogen-bond donors (Lipinski definition) is 2. The number of hydrogen-bond acceptors (Lipinski definition) is 7. The maximum absolute atomic E-state index is 12.1. The average molecular weight is 407 g/mol. The third kappa shape index (κ3) is 5.86. The van der Waals surface area contributed by atoms with E-state index in [-0.39, 0.29) is 16.3 Å². The first-order valence-corrected chi connectivity index (χ1v) is 9.42. The number of nitro groups is 1. The van der Waals surface area contributed by atoms with E-state index in [9.17, 15) is 28.1 Å². The molecule has 2 aromatic rings. The molecule has 0 unspecified atom stereocenters. The number of sulfonamides is 1. The van der Waals surface area contributed by atoms with Gasteiger partial charge in [-0.05, 0) is 25.1 Å². The maximum Gasteiger partial charge on any atom is 0.321 e. The van der Waals surface area contributed by atoms with E-state index in [1.54, 1.807) is 19.1 Å². The molecule has 0 saturated carbocycles. The molecule has 2 N–H and O–H groups in total. The van der Waals surface area contributed by atoms with Crippen molar-refractivity contribution in [2.75, 3.05) is 18.5 Å². The highest BCUT2D eigenvalue weighted by molar-refractivity contribution is 7.89. The lowest BCUT2D eigenvalue weighted by Gasteiger charge is -2.08. The van der Waals surface area contributed by atoms with E-state index in [2.05, 4.69) is 14.8 Å². The molecule has 148 valence electrons. The molecular formula is C17H17N3O7S. The van der Waals surface area contributed by atoms with E-state index in [0.29, 0.717) is 0 Å². The Bertz CT molecular complexity index is 988. The molecule has 0 aliphatic carbocycles. The van der Waals surface area contributed by atoms with E-state index >= 15 is 0 Å². The van der Waals surface area contributed by atoms with Gasteiger partial charge in [0.15, 0.2) is 6.61 Å². The number of para-hydroxylation sites is 2. The second kappa shape index (κ2) is 9.06. The number of esters is 1. The van der Waals surface area contributed by atoms with Crippen LogP contribution in [0.2, 0.25) is 0 Å². The van der Waals surface area contributed by atoms with Crippen LogP contribution in [0, 0.1) is 17.0 Å². The zero-order valence-corrected chi connectivity index (χ0v) is 15.6. The minimum atomic E-state index is -3.90. The Hall–Kier alpha value is -3.31. The molecule has 2 aromatic carbocycles. The van der Waals surface area contributed by atoms with E-state index in [1.807, 2.05) is 0 Å². The smallest absolute Gasteiger partial charge is 0.321 e. The summed E-state index contributed by atoms with van der Waals surface area (Å²) in [5.74, 6) is -1.78. The zero-order valence-electron chi connectivity index (χ0n) is 14.7. The zero-order chi connectivity index (χ0) is 20.7. The molecule has 10 nitrogen and oxygen atoms in total. The Morgan fingerprint density at radius 2 is 1.75 bits per heavy atom. The van der Waals surface area contributed by atoms with Gasteiger partial charge < -0.3 is 10.1 Å². The summed E-state index contributed by atoms with van der Waals surface area (Å²) in [5.41, 5.74) is 0.518. The standard InChI is InChI=1S/C17H17N3O7S/c1-12-6-8-13(9-7-12)28(25,26)18-10-17(22)27-11-16(21)19-14-4-2-3-5-15(14)20(23)24/h2-9,18H,10-11H2,1H3,(H,19,21). The third-order valence-corrected chi connectivity index (χ3v) is 4.89. The highest BCUT2D eigenvalue weighted by Crippen LogP contribution is 2.22. The van der Waals surface area contributed by atoms with Gasteiger partial charge in [0.05, 0.1) is 9.82 Å². The fourth-order valence-electron chi connectivity index (χ4n) is 2.08. The molecule has 0 aliphatic heterocycles. The van der Waals surface area contributed by atoms with Gasteiger partial charge in [0.2, 0.25) is 10.0 Å². The van der Waals surface area contributed by atoms with Crippen LogP contribution in [-0.4, -0.2) is 38.4 Å². The Morgan fingerprint density at radius 3 is 2.39 bits per heavy atom. The summed E-state index contributed by atoms with van der Waals surface area (Å²) in [6, 6.07) is 11.5. The molecule has 0 radical (unpaired) electrons. The average Bonchev–Trinajstić information content (AvgIpc) is 2.65. The number of carbonyl (C=O) groups is 2. The number of nitro benzene ring substituents is 1. The highest BCUT2D eigenvalue weighted by Gasteiger charge is 2.18. The Balaban J connectivity index is 1.85. The van der Waals surface area contributed by atoms with E-state index in [4.69, 9.17) is 0 Å². The van der Waals surface area contributed by atoms with Gasteiger partial charge >= 0.3 is 5.97 Å². The number of nitrogens with zero attached hydrogens (tertiary/aromatic N) is 1. The Labute approximate surface area is 160 Å². The molecular weight excluding hydrogens is 390 g/mol. The lowest BCUT2D eigenvalue weighted by molar-refractivity contribution is -0.383. The van der Waals surface area contributed by atoms with Gasteiger partial charge in [0, 0.05) is 6.07 Å². The van der Waals surface area contributed by atoms with Gasteiger partial charge in [-0.25, -0.2) is 8.42 Å². The van der Waals surface area contributed by atoms with Crippen molar-refractivity contribution >= 4 is 33.3 Å². The topological polar surface area (TPSA) is 145 Å². The molecule has 0 atom stereocenters. The number of ether oxygens (including phenoxy) is 1. The summed E-state index contributed by atoms with van der Waals surface area (Å²) in [6.45, 7) is 0.405. The van der Waals surface area contributed by atoms with E-state index < -0.39 is 40.0 Å². The van der Waals surface area contributed by atoms with Gasteiger partial charge in [-0.15, -0.1) is 0 Å². The van der Waals surface area contributed by atoms with E-state index in [0.717, 1.165) is 5.56 Å². The first kappa shape index (κ1) is 21.0. The number of amides is 1. The summed E-state index contributed by atoms with van der Waals surface area (Å²) < 4.78 is 30.9. The molecule has 0 spiro atoms. The van der Waals surface area contributed by atoms with Crippen molar-refractivity contribution < 1.29 is 27.7 Å². The van der Waals surface area contributed by atoms with Gasteiger partial charge in [0.1, 0.15) is 12.2 Å².